The minimum Gasteiger partial charge on any atom is -0.322 e. The van der Waals surface area contributed by atoms with E-state index in [1.165, 1.54) is 0 Å². The highest BCUT2D eigenvalue weighted by Crippen LogP contribution is 1.96. The lowest BCUT2D eigenvalue weighted by Crippen LogP contribution is -2.15. The molecule has 0 aromatic carbocycles. The van der Waals surface area contributed by atoms with E-state index in [2.05, 4.69) is 13.8 Å². The van der Waals surface area contributed by atoms with Gasteiger partial charge >= 0.3 is 5.97 Å². The number of hydrogen-bond donors (Lipinski definition) is 0. The highest BCUT2D eigenvalue weighted by atomic mass is 16.6. The summed E-state index contributed by atoms with van der Waals surface area (Å²) in [6.45, 7) is 9.41. The lowest BCUT2D eigenvalue weighted by atomic mass is 10.2. The predicted molar refractivity (Wildman–Crippen MR) is 42.0 cm³/mol. The molecule has 0 rings (SSSR count). The highest BCUT2D eigenvalue weighted by Gasteiger charge is 2.17. The van der Waals surface area contributed by atoms with Crippen molar-refractivity contribution in [2.75, 3.05) is 13.2 Å². The van der Waals surface area contributed by atoms with Gasteiger partial charge in [0, 0.05) is 0 Å². The monoisotopic (exact) mass is 145 g/mol. The Hall–Kier alpha value is -0.530. The largest absolute Gasteiger partial charge is 0.487 e. The van der Waals surface area contributed by atoms with Gasteiger partial charge in [0.2, 0.25) is 0 Å². The average Bonchev–Trinajstić information content (AvgIpc) is 1.87. The molecule has 10 heavy (non-hydrogen) atoms. The number of carbonyl (C=O) groups excluding carboxylic acids is 1. The van der Waals surface area contributed by atoms with Crippen LogP contribution in [0, 0.1) is 5.92 Å². The van der Waals surface area contributed by atoms with E-state index in [1.54, 1.807) is 0 Å². The summed E-state index contributed by atoms with van der Waals surface area (Å²) in [7, 11) is 0. The first-order valence-electron chi connectivity index (χ1n) is 3.84. The van der Waals surface area contributed by atoms with Gasteiger partial charge < -0.3 is 9.16 Å². The lowest BCUT2D eigenvalue weighted by Gasteiger charge is -1.96. The molecule has 0 fully saturated rings. The van der Waals surface area contributed by atoms with Crippen molar-refractivity contribution in [1.82, 2.24) is 0 Å². The molecular weight excluding hydrogens is 128 g/mol. The van der Waals surface area contributed by atoms with Gasteiger partial charge in [0.1, 0.15) is 5.92 Å². The fourth-order valence-electron chi connectivity index (χ4n) is 0.660. The van der Waals surface area contributed by atoms with Gasteiger partial charge in [0.25, 0.3) is 0 Å². The van der Waals surface area contributed by atoms with E-state index in [4.69, 9.17) is 9.16 Å². The van der Waals surface area contributed by atoms with Crippen molar-refractivity contribution in [3.05, 3.63) is 0 Å². The number of hydrogen-bond acceptors (Lipinski definition) is 1. The Balaban J connectivity index is 3.85. The maximum atomic E-state index is 5.24. The van der Waals surface area contributed by atoms with Crippen molar-refractivity contribution in [3.63, 3.8) is 0 Å². The number of ether oxygens (including phenoxy) is 1. The summed E-state index contributed by atoms with van der Waals surface area (Å²) in [5, 5.41) is 0. The van der Waals surface area contributed by atoms with Gasteiger partial charge in [-0.2, -0.15) is 0 Å². The van der Waals surface area contributed by atoms with E-state index >= 15 is 0 Å². The molecule has 0 atom stereocenters. The summed E-state index contributed by atoms with van der Waals surface area (Å²) in [6.07, 6.45) is 0. The molecule has 0 aliphatic rings. The molecule has 0 unspecified atom stereocenters. The van der Waals surface area contributed by atoms with Crippen molar-refractivity contribution in [2.45, 2.75) is 27.7 Å². The summed E-state index contributed by atoms with van der Waals surface area (Å²) in [5.74, 6) is 1.12. The van der Waals surface area contributed by atoms with Crippen LogP contribution in [0.1, 0.15) is 27.7 Å². The SMILES string of the molecule is CCOC(=[O+]CC)C(C)C. The van der Waals surface area contributed by atoms with Crippen LogP contribution in [0.15, 0.2) is 0 Å². The van der Waals surface area contributed by atoms with Crippen LogP contribution < -0.4 is 0 Å². The Morgan fingerprint density at radius 3 is 2.30 bits per heavy atom. The smallest absolute Gasteiger partial charge is 0.322 e. The van der Waals surface area contributed by atoms with E-state index in [1.807, 2.05) is 13.8 Å². The van der Waals surface area contributed by atoms with Gasteiger partial charge in [-0.05, 0) is 27.7 Å². The second kappa shape index (κ2) is 5.27. The Labute approximate surface area is 62.9 Å². The molecule has 2 heteroatoms. The molecule has 0 heterocycles. The normalized spacial score (nSPS) is 12.3. The fraction of sp³-hybridized carbons (Fsp3) is 0.875. The van der Waals surface area contributed by atoms with Crippen LogP contribution in [0.5, 0.6) is 0 Å². The zero-order valence-corrected chi connectivity index (χ0v) is 7.31. The van der Waals surface area contributed by atoms with Crippen molar-refractivity contribution in [1.29, 1.82) is 0 Å². The van der Waals surface area contributed by atoms with Gasteiger partial charge in [-0.1, -0.05) is 0 Å². The first-order valence-corrected chi connectivity index (χ1v) is 3.84. The zero-order valence-electron chi connectivity index (χ0n) is 7.31. The molecule has 0 N–H and O–H groups in total. The highest BCUT2D eigenvalue weighted by molar-refractivity contribution is 5.71. The quantitative estimate of drug-likeness (QED) is 0.438. The molecule has 0 aliphatic heterocycles. The standard InChI is InChI=1S/C8H17O2/c1-5-9-8(7(3)4)10-6-2/h7H,5-6H2,1-4H3/q+1. The Bertz CT molecular complexity index is 106. The minimum atomic E-state index is 0.361. The second-order valence-corrected chi connectivity index (χ2v) is 2.34. The van der Waals surface area contributed by atoms with Crippen LogP contribution in [0.3, 0.4) is 0 Å². The molecule has 0 amide bonds. The van der Waals surface area contributed by atoms with Crippen LogP contribution in [0.25, 0.3) is 0 Å². The Kier molecular flexibility index (Phi) is 4.99. The topological polar surface area (TPSA) is 20.5 Å². The summed E-state index contributed by atoms with van der Waals surface area (Å²) in [6, 6.07) is 0. The first-order chi connectivity index (χ1) is 4.72. The molecule has 60 valence electrons. The van der Waals surface area contributed by atoms with E-state index in [-0.39, 0.29) is 0 Å². The molecule has 0 aromatic rings. The predicted octanol–water partition coefficient (Wildman–Crippen LogP) is 1.76. The summed E-state index contributed by atoms with van der Waals surface area (Å²) >= 11 is 0. The second-order valence-electron chi connectivity index (χ2n) is 2.34. The average molecular weight is 145 g/mol. The molecule has 0 aromatic heterocycles. The molecule has 0 bridgehead atoms. The maximum Gasteiger partial charge on any atom is 0.487 e. The maximum absolute atomic E-state index is 5.24. The van der Waals surface area contributed by atoms with E-state index in [0.717, 1.165) is 5.97 Å². The zero-order chi connectivity index (χ0) is 7.98. The molecule has 2 nitrogen and oxygen atoms in total. The summed E-state index contributed by atoms with van der Waals surface area (Å²) < 4.78 is 10.5. The molecule has 0 saturated heterocycles. The fourth-order valence-corrected chi connectivity index (χ4v) is 0.660. The van der Waals surface area contributed by atoms with E-state index < -0.39 is 0 Å². The first kappa shape index (κ1) is 9.47. The van der Waals surface area contributed by atoms with Crippen LogP contribution in [0.2, 0.25) is 0 Å². The van der Waals surface area contributed by atoms with Gasteiger partial charge in [-0.3, -0.25) is 0 Å². The Morgan fingerprint density at radius 2 is 2.00 bits per heavy atom. The summed E-state index contributed by atoms with van der Waals surface area (Å²) in [5.41, 5.74) is 0. The number of rotatable bonds is 3. The third-order valence-corrected chi connectivity index (χ3v) is 1.04. The third-order valence-electron chi connectivity index (χ3n) is 1.04. The molecule has 0 spiro atoms. The van der Waals surface area contributed by atoms with Crippen molar-refractivity contribution in [3.8, 4) is 0 Å². The van der Waals surface area contributed by atoms with E-state index in [9.17, 15) is 0 Å². The van der Waals surface area contributed by atoms with Crippen molar-refractivity contribution >= 4 is 5.97 Å². The van der Waals surface area contributed by atoms with Gasteiger partial charge in [-0.25, -0.2) is 0 Å². The molecular formula is C8H17O2+. The molecule has 0 saturated carbocycles. The minimum absolute atomic E-state index is 0.361. The van der Waals surface area contributed by atoms with Gasteiger partial charge in [0.05, 0.1) is 0 Å². The van der Waals surface area contributed by atoms with Gasteiger partial charge in [0.15, 0.2) is 13.2 Å². The third kappa shape index (κ3) is 3.49. The lowest BCUT2D eigenvalue weighted by molar-refractivity contribution is -0.466. The molecule has 0 radical (unpaired) electrons. The van der Waals surface area contributed by atoms with Crippen LogP contribution >= 0.6 is 0 Å². The van der Waals surface area contributed by atoms with Crippen LogP contribution in [-0.4, -0.2) is 19.2 Å². The van der Waals surface area contributed by atoms with Crippen molar-refractivity contribution in [2.24, 2.45) is 5.92 Å². The van der Waals surface area contributed by atoms with Crippen LogP contribution in [0.4, 0.5) is 0 Å². The van der Waals surface area contributed by atoms with Crippen molar-refractivity contribution < 1.29 is 9.16 Å². The van der Waals surface area contributed by atoms with Crippen LogP contribution in [-0.2, 0) is 9.16 Å². The summed E-state index contributed by atoms with van der Waals surface area (Å²) in [4.78, 5) is 0. The van der Waals surface area contributed by atoms with E-state index in [0.29, 0.717) is 19.1 Å². The number of esters is 1. The molecule has 0 aliphatic carbocycles. The van der Waals surface area contributed by atoms with Gasteiger partial charge in [-0.15, -0.1) is 0 Å². The Morgan fingerprint density at radius 1 is 1.40 bits per heavy atom.